The zero-order valence-electron chi connectivity index (χ0n) is 14.0. The molecule has 0 bridgehead atoms. The highest BCUT2D eigenvalue weighted by atomic mass is 15.2. The van der Waals surface area contributed by atoms with Crippen LogP contribution in [-0.2, 0) is 0 Å². The van der Waals surface area contributed by atoms with Gasteiger partial charge in [-0.3, -0.25) is 4.90 Å². The van der Waals surface area contributed by atoms with E-state index in [0.29, 0.717) is 5.54 Å². The summed E-state index contributed by atoms with van der Waals surface area (Å²) >= 11 is 0. The minimum atomic E-state index is 0.449. The van der Waals surface area contributed by atoms with Crippen molar-refractivity contribution in [3.63, 3.8) is 0 Å². The van der Waals surface area contributed by atoms with Crippen LogP contribution in [-0.4, -0.2) is 48.6 Å². The van der Waals surface area contributed by atoms with Gasteiger partial charge in [0.05, 0.1) is 0 Å². The number of rotatable bonds is 8. The van der Waals surface area contributed by atoms with E-state index in [1.807, 2.05) is 0 Å². The topological polar surface area (TPSA) is 6.48 Å². The maximum absolute atomic E-state index is 2.78. The van der Waals surface area contributed by atoms with Gasteiger partial charge in [-0.05, 0) is 46.7 Å². The Labute approximate surface area is 121 Å². The third kappa shape index (κ3) is 5.07. The highest BCUT2D eigenvalue weighted by Crippen LogP contribution is 2.30. The second kappa shape index (κ2) is 8.26. The lowest BCUT2D eigenvalue weighted by molar-refractivity contribution is 0.0410. The van der Waals surface area contributed by atoms with E-state index < -0.39 is 0 Å². The van der Waals surface area contributed by atoms with E-state index in [-0.39, 0.29) is 0 Å². The van der Waals surface area contributed by atoms with Crippen molar-refractivity contribution in [2.45, 2.75) is 83.7 Å². The normalized spacial score (nSPS) is 21.8. The summed E-state index contributed by atoms with van der Waals surface area (Å²) < 4.78 is 0. The van der Waals surface area contributed by atoms with Crippen LogP contribution in [0.15, 0.2) is 0 Å². The number of hydrogen-bond donors (Lipinski definition) is 0. The fourth-order valence-electron chi connectivity index (χ4n) is 3.41. The van der Waals surface area contributed by atoms with Crippen LogP contribution in [0.3, 0.4) is 0 Å². The lowest BCUT2D eigenvalue weighted by Gasteiger charge is -2.46. The first-order valence-corrected chi connectivity index (χ1v) is 8.45. The molecule has 0 radical (unpaired) electrons. The molecule has 0 aromatic heterocycles. The predicted octanol–water partition coefficient (Wildman–Crippen LogP) is 4.15. The highest BCUT2D eigenvalue weighted by molar-refractivity contribution is 4.89. The molecule has 2 heteroatoms. The van der Waals surface area contributed by atoms with E-state index >= 15 is 0 Å². The molecule has 0 aliphatic carbocycles. The molecule has 2 nitrogen and oxygen atoms in total. The van der Waals surface area contributed by atoms with E-state index in [1.165, 1.54) is 64.5 Å². The van der Waals surface area contributed by atoms with Crippen molar-refractivity contribution in [3.8, 4) is 0 Å². The molecule has 1 fully saturated rings. The van der Waals surface area contributed by atoms with Crippen LogP contribution in [0.5, 0.6) is 0 Å². The molecule has 1 saturated heterocycles. The van der Waals surface area contributed by atoms with Gasteiger partial charge in [0.25, 0.3) is 0 Å². The molecule has 1 heterocycles. The second-order valence-corrected chi connectivity index (χ2v) is 6.84. The van der Waals surface area contributed by atoms with E-state index in [1.54, 1.807) is 0 Å². The zero-order valence-corrected chi connectivity index (χ0v) is 14.0. The van der Waals surface area contributed by atoms with Crippen LogP contribution in [0, 0.1) is 0 Å². The standard InChI is InChI=1S/C17H36N2/c1-6-8-9-10-13-17(3,7-2)19-14-11-16(12-15-19)18(4)5/h16H,6-15H2,1-5H3. The van der Waals surface area contributed by atoms with Gasteiger partial charge in [-0.1, -0.05) is 39.5 Å². The molecular weight excluding hydrogens is 232 g/mol. The third-order valence-corrected chi connectivity index (χ3v) is 5.29. The monoisotopic (exact) mass is 268 g/mol. The molecule has 0 saturated carbocycles. The minimum Gasteiger partial charge on any atom is -0.306 e. The Bertz CT molecular complexity index is 231. The van der Waals surface area contributed by atoms with Gasteiger partial charge in [-0.15, -0.1) is 0 Å². The van der Waals surface area contributed by atoms with Gasteiger partial charge in [0.2, 0.25) is 0 Å². The van der Waals surface area contributed by atoms with Crippen LogP contribution in [0.1, 0.15) is 72.1 Å². The van der Waals surface area contributed by atoms with Crippen LogP contribution in [0.25, 0.3) is 0 Å². The summed E-state index contributed by atoms with van der Waals surface area (Å²) in [4.78, 5) is 5.18. The van der Waals surface area contributed by atoms with Crippen LogP contribution in [0.2, 0.25) is 0 Å². The van der Waals surface area contributed by atoms with Crippen LogP contribution >= 0.6 is 0 Å². The molecule has 1 aliphatic rings. The molecule has 1 aliphatic heterocycles. The van der Waals surface area contributed by atoms with Gasteiger partial charge in [0, 0.05) is 24.7 Å². The van der Waals surface area contributed by atoms with Crippen molar-refractivity contribution in [2.24, 2.45) is 0 Å². The summed E-state index contributed by atoms with van der Waals surface area (Å²) in [6, 6.07) is 0.803. The molecule has 1 unspecified atom stereocenters. The SMILES string of the molecule is CCCCCCC(C)(CC)N1CCC(N(C)C)CC1. The van der Waals surface area contributed by atoms with Crippen LogP contribution in [0.4, 0.5) is 0 Å². The van der Waals surface area contributed by atoms with Gasteiger partial charge < -0.3 is 4.90 Å². The fourth-order valence-corrected chi connectivity index (χ4v) is 3.41. The zero-order chi connectivity index (χ0) is 14.3. The Hall–Kier alpha value is -0.0800. The average Bonchev–Trinajstić information content (AvgIpc) is 2.43. The van der Waals surface area contributed by atoms with E-state index in [0.717, 1.165) is 6.04 Å². The fraction of sp³-hybridized carbons (Fsp3) is 1.00. The smallest absolute Gasteiger partial charge is 0.0178 e. The van der Waals surface area contributed by atoms with E-state index in [2.05, 4.69) is 44.7 Å². The second-order valence-electron chi connectivity index (χ2n) is 6.84. The first kappa shape index (κ1) is 17.0. The van der Waals surface area contributed by atoms with Gasteiger partial charge >= 0.3 is 0 Å². The van der Waals surface area contributed by atoms with Gasteiger partial charge in [-0.25, -0.2) is 0 Å². The van der Waals surface area contributed by atoms with Crippen molar-refractivity contribution < 1.29 is 0 Å². The molecular formula is C17H36N2. The molecule has 0 spiro atoms. The van der Waals surface area contributed by atoms with Crippen LogP contribution < -0.4 is 0 Å². The summed E-state index contributed by atoms with van der Waals surface area (Å²) in [6.45, 7) is 9.75. The average molecular weight is 268 g/mol. The maximum atomic E-state index is 2.78. The number of piperidine rings is 1. The highest BCUT2D eigenvalue weighted by Gasteiger charge is 2.32. The molecule has 0 aromatic rings. The minimum absolute atomic E-state index is 0.449. The summed E-state index contributed by atoms with van der Waals surface area (Å²) in [7, 11) is 4.45. The Kier molecular flexibility index (Phi) is 7.38. The van der Waals surface area contributed by atoms with Crippen molar-refractivity contribution in [3.05, 3.63) is 0 Å². The molecule has 0 N–H and O–H groups in total. The van der Waals surface area contributed by atoms with Crippen molar-refractivity contribution >= 4 is 0 Å². The molecule has 1 atom stereocenters. The maximum Gasteiger partial charge on any atom is 0.0178 e. The number of likely N-dealkylation sites (tertiary alicyclic amines) is 1. The lowest BCUT2D eigenvalue weighted by atomic mass is 9.87. The summed E-state index contributed by atoms with van der Waals surface area (Å²) in [5.41, 5.74) is 0.449. The quantitative estimate of drug-likeness (QED) is 0.610. The first-order valence-electron chi connectivity index (χ1n) is 8.45. The molecule has 1 rings (SSSR count). The summed E-state index contributed by atoms with van der Waals surface area (Å²) in [5.74, 6) is 0. The Balaban J connectivity index is 2.41. The van der Waals surface area contributed by atoms with E-state index in [4.69, 9.17) is 0 Å². The van der Waals surface area contributed by atoms with Crippen molar-refractivity contribution in [1.29, 1.82) is 0 Å². The van der Waals surface area contributed by atoms with Crippen molar-refractivity contribution in [2.75, 3.05) is 27.2 Å². The first-order chi connectivity index (χ1) is 9.03. The molecule has 19 heavy (non-hydrogen) atoms. The number of nitrogens with zero attached hydrogens (tertiary/aromatic N) is 2. The molecule has 0 amide bonds. The van der Waals surface area contributed by atoms with Gasteiger partial charge in [0.15, 0.2) is 0 Å². The van der Waals surface area contributed by atoms with Crippen molar-refractivity contribution in [1.82, 2.24) is 9.80 Å². The number of hydrogen-bond acceptors (Lipinski definition) is 2. The Morgan fingerprint density at radius 2 is 1.68 bits per heavy atom. The largest absolute Gasteiger partial charge is 0.306 e. The Morgan fingerprint density at radius 3 is 2.16 bits per heavy atom. The van der Waals surface area contributed by atoms with Gasteiger partial charge in [-0.2, -0.15) is 0 Å². The summed E-state index contributed by atoms with van der Waals surface area (Å²) in [6.07, 6.45) is 10.9. The van der Waals surface area contributed by atoms with Gasteiger partial charge in [0.1, 0.15) is 0 Å². The molecule has 114 valence electrons. The molecule has 0 aromatic carbocycles. The van der Waals surface area contributed by atoms with E-state index in [9.17, 15) is 0 Å². The Morgan fingerprint density at radius 1 is 1.05 bits per heavy atom. The lowest BCUT2D eigenvalue weighted by Crippen LogP contribution is -2.52. The number of unbranched alkanes of at least 4 members (excludes halogenated alkanes) is 3. The predicted molar refractivity (Wildman–Crippen MR) is 85.7 cm³/mol. The summed E-state index contributed by atoms with van der Waals surface area (Å²) in [5, 5.41) is 0. The third-order valence-electron chi connectivity index (χ3n) is 5.29.